The summed E-state index contributed by atoms with van der Waals surface area (Å²) < 4.78 is 16.7. The molecule has 0 bridgehead atoms. The third-order valence-electron chi connectivity index (χ3n) is 6.62. The Morgan fingerprint density at radius 1 is 0.829 bits per heavy atom. The lowest BCUT2D eigenvalue weighted by atomic mass is 10.0. The fourth-order valence-electron chi connectivity index (χ4n) is 4.44. The predicted octanol–water partition coefficient (Wildman–Crippen LogP) is 7.42. The van der Waals surface area contributed by atoms with Gasteiger partial charge in [0.2, 0.25) is 6.10 Å². The number of esters is 1. The number of benzene rings is 4. The quantitative estimate of drug-likeness (QED) is 0.197. The molecule has 7 nitrogen and oxygen atoms in total. The highest BCUT2D eigenvalue weighted by atomic mass is 35.5. The van der Waals surface area contributed by atoms with Gasteiger partial charge >= 0.3 is 5.97 Å². The molecule has 5 rings (SSSR count). The van der Waals surface area contributed by atoms with Gasteiger partial charge < -0.3 is 19.5 Å². The van der Waals surface area contributed by atoms with Crippen molar-refractivity contribution in [2.24, 2.45) is 0 Å². The van der Waals surface area contributed by atoms with E-state index < -0.39 is 18.0 Å². The van der Waals surface area contributed by atoms with Crippen molar-refractivity contribution in [2.75, 3.05) is 19.5 Å². The Kier molecular flexibility index (Phi) is 8.17. The number of para-hydroxylation sites is 1. The number of carbonyl (C=O) groups excluding carboxylic acids is 2. The van der Waals surface area contributed by atoms with E-state index in [0.717, 1.165) is 11.1 Å². The number of amides is 1. The van der Waals surface area contributed by atoms with Gasteiger partial charge in [-0.2, -0.15) is 0 Å². The maximum absolute atomic E-state index is 13.8. The van der Waals surface area contributed by atoms with Crippen LogP contribution in [0.4, 0.5) is 5.69 Å². The molecule has 0 aliphatic heterocycles. The number of nitrogens with zero attached hydrogens (tertiary/aromatic N) is 1. The van der Waals surface area contributed by atoms with Crippen molar-refractivity contribution in [1.82, 2.24) is 4.98 Å². The van der Waals surface area contributed by atoms with Gasteiger partial charge in [-0.25, -0.2) is 9.78 Å². The van der Waals surface area contributed by atoms with Crippen LogP contribution < -0.4 is 14.8 Å². The number of carbonyl (C=O) groups is 2. The molecule has 0 saturated heterocycles. The number of halogens is 1. The number of hydrogen-bond donors (Lipinski definition) is 1. The minimum Gasteiger partial charge on any atom is -0.493 e. The first-order chi connectivity index (χ1) is 19.9. The molecule has 1 aromatic heterocycles. The molecule has 0 aliphatic carbocycles. The van der Waals surface area contributed by atoms with E-state index in [4.69, 9.17) is 30.8 Å². The molecule has 0 fully saturated rings. The van der Waals surface area contributed by atoms with E-state index in [1.807, 2.05) is 37.3 Å². The van der Waals surface area contributed by atoms with Crippen molar-refractivity contribution in [1.29, 1.82) is 0 Å². The topological polar surface area (TPSA) is 86.8 Å². The maximum Gasteiger partial charge on any atom is 0.340 e. The second-order valence-electron chi connectivity index (χ2n) is 9.29. The van der Waals surface area contributed by atoms with Gasteiger partial charge in [-0.15, -0.1) is 0 Å². The molecule has 0 spiro atoms. The Labute approximate surface area is 242 Å². The zero-order chi connectivity index (χ0) is 28.9. The smallest absolute Gasteiger partial charge is 0.340 e. The molecule has 8 heteroatoms. The Bertz CT molecular complexity index is 1740. The summed E-state index contributed by atoms with van der Waals surface area (Å²) in [5, 5.41) is 3.94. The third-order valence-corrected chi connectivity index (χ3v) is 7.03. The number of rotatable bonds is 8. The second kappa shape index (κ2) is 12.1. The van der Waals surface area contributed by atoms with E-state index in [1.54, 1.807) is 80.9 Å². The SMILES string of the molecule is COc1ccc(-c2cc(C(=O)O[C@@H](C(=O)Nc3ccc(C)c(Cl)c3)c3ccccc3)c3ccccc3n2)cc1OC. The van der Waals surface area contributed by atoms with Crippen molar-refractivity contribution < 1.29 is 23.8 Å². The minimum atomic E-state index is -1.22. The first-order valence-electron chi connectivity index (χ1n) is 12.8. The Balaban J connectivity index is 1.53. The first kappa shape index (κ1) is 27.7. The zero-order valence-corrected chi connectivity index (χ0v) is 23.4. The van der Waals surface area contributed by atoms with Crippen LogP contribution in [0, 0.1) is 6.92 Å². The lowest BCUT2D eigenvalue weighted by Crippen LogP contribution is -2.26. The van der Waals surface area contributed by atoms with Crippen molar-refractivity contribution >= 4 is 40.1 Å². The highest BCUT2D eigenvalue weighted by molar-refractivity contribution is 6.31. The third kappa shape index (κ3) is 6.00. The molecule has 0 saturated carbocycles. The number of aromatic nitrogens is 1. The highest BCUT2D eigenvalue weighted by Gasteiger charge is 2.27. The number of ether oxygens (including phenoxy) is 3. The van der Waals surface area contributed by atoms with Crippen LogP contribution in [0.3, 0.4) is 0 Å². The number of fused-ring (bicyclic) bond motifs is 1. The minimum absolute atomic E-state index is 0.271. The lowest BCUT2D eigenvalue weighted by molar-refractivity contribution is -0.125. The summed E-state index contributed by atoms with van der Waals surface area (Å²) in [6.07, 6.45) is -1.22. The van der Waals surface area contributed by atoms with Crippen LogP contribution >= 0.6 is 11.6 Å². The Morgan fingerprint density at radius 3 is 2.29 bits per heavy atom. The van der Waals surface area contributed by atoms with Crippen LogP contribution in [0.5, 0.6) is 11.5 Å². The van der Waals surface area contributed by atoms with Crippen LogP contribution in [-0.2, 0) is 9.53 Å². The number of nitrogens with one attached hydrogen (secondary N) is 1. The molecular formula is C33H27ClN2O5. The normalized spacial score (nSPS) is 11.5. The largest absolute Gasteiger partial charge is 0.493 e. The van der Waals surface area contributed by atoms with Crippen LogP contribution in [0.15, 0.2) is 97.1 Å². The van der Waals surface area contributed by atoms with Gasteiger partial charge in [0.15, 0.2) is 11.5 Å². The molecular weight excluding hydrogens is 540 g/mol. The molecule has 1 N–H and O–H groups in total. The summed E-state index contributed by atoms with van der Waals surface area (Å²) in [5.41, 5.74) is 4.02. The summed E-state index contributed by atoms with van der Waals surface area (Å²) in [6, 6.07) is 28.4. The number of methoxy groups -OCH3 is 2. The van der Waals surface area contributed by atoms with E-state index in [1.165, 1.54) is 0 Å². The summed E-state index contributed by atoms with van der Waals surface area (Å²) in [7, 11) is 3.12. The Morgan fingerprint density at radius 2 is 1.56 bits per heavy atom. The number of pyridine rings is 1. The molecule has 41 heavy (non-hydrogen) atoms. The molecule has 1 heterocycles. The average Bonchev–Trinajstić information content (AvgIpc) is 3.01. The summed E-state index contributed by atoms with van der Waals surface area (Å²) in [6.45, 7) is 1.87. The van der Waals surface area contributed by atoms with Gasteiger partial charge in [0.25, 0.3) is 5.91 Å². The van der Waals surface area contributed by atoms with Crippen LogP contribution in [0.1, 0.15) is 27.6 Å². The summed E-state index contributed by atoms with van der Waals surface area (Å²) in [5.74, 6) is -0.0800. The molecule has 5 aromatic rings. The fraction of sp³-hybridized carbons (Fsp3) is 0.121. The summed E-state index contributed by atoms with van der Waals surface area (Å²) >= 11 is 6.26. The van der Waals surface area contributed by atoms with Crippen LogP contribution in [-0.4, -0.2) is 31.1 Å². The predicted molar refractivity (Wildman–Crippen MR) is 160 cm³/mol. The molecule has 0 unspecified atom stereocenters. The first-order valence-corrected chi connectivity index (χ1v) is 13.2. The number of aryl methyl sites for hydroxylation is 1. The van der Waals surface area contributed by atoms with E-state index in [0.29, 0.717) is 44.4 Å². The van der Waals surface area contributed by atoms with Crippen molar-refractivity contribution in [3.8, 4) is 22.8 Å². The average molecular weight is 567 g/mol. The van der Waals surface area contributed by atoms with Crippen LogP contribution in [0.2, 0.25) is 5.02 Å². The maximum atomic E-state index is 13.8. The molecule has 0 aliphatic rings. The van der Waals surface area contributed by atoms with Gasteiger partial charge in [-0.1, -0.05) is 66.2 Å². The Hall–Kier alpha value is -4.88. The van der Waals surface area contributed by atoms with Gasteiger partial charge in [-0.05, 0) is 55.0 Å². The zero-order valence-electron chi connectivity index (χ0n) is 22.7. The van der Waals surface area contributed by atoms with E-state index in [-0.39, 0.29) is 5.56 Å². The van der Waals surface area contributed by atoms with Crippen molar-refractivity contribution in [2.45, 2.75) is 13.0 Å². The van der Waals surface area contributed by atoms with E-state index in [2.05, 4.69) is 5.32 Å². The summed E-state index contributed by atoms with van der Waals surface area (Å²) in [4.78, 5) is 32.1. The molecule has 4 aromatic carbocycles. The highest BCUT2D eigenvalue weighted by Crippen LogP contribution is 2.34. The standard InChI is InChI=1S/C33H27ClN2O5/c1-20-13-15-23(18-26(20)34)35-32(37)31(21-9-5-4-6-10-21)41-33(38)25-19-28(36-27-12-8-7-11-24(25)27)22-14-16-29(39-2)30(17-22)40-3/h4-19,31H,1-3H3,(H,35,37)/t31-/m1/s1. The van der Waals surface area contributed by atoms with Gasteiger partial charge in [0.1, 0.15) is 0 Å². The van der Waals surface area contributed by atoms with Gasteiger partial charge in [-0.3, -0.25) is 4.79 Å². The fourth-order valence-corrected chi connectivity index (χ4v) is 4.62. The molecule has 1 atom stereocenters. The molecule has 1 amide bonds. The van der Waals surface area contributed by atoms with Gasteiger partial charge in [0.05, 0.1) is 31.0 Å². The van der Waals surface area contributed by atoms with E-state index in [9.17, 15) is 9.59 Å². The number of anilines is 1. The molecule has 206 valence electrons. The molecule has 0 radical (unpaired) electrons. The van der Waals surface area contributed by atoms with Crippen molar-refractivity contribution in [3.05, 3.63) is 119 Å². The lowest BCUT2D eigenvalue weighted by Gasteiger charge is -2.19. The number of hydrogen-bond acceptors (Lipinski definition) is 6. The second-order valence-corrected chi connectivity index (χ2v) is 9.70. The van der Waals surface area contributed by atoms with Gasteiger partial charge in [0, 0.05) is 27.2 Å². The monoisotopic (exact) mass is 566 g/mol. The van der Waals surface area contributed by atoms with Crippen LogP contribution in [0.25, 0.3) is 22.2 Å². The van der Waals surface area contributed by atoms with Crippen molar-refractivity contribution in [3.63, 3.8) is 0 Å². The van der Waals surface area contributed by atoms with E-state index >= 15 is 0 Å².